The zero-order valence-corrected chi connectivity index (χ0v) is 21.1. The second-order valence-corrected chi connectivity index (χ2v) is 10.1. The monoisotopic (exact) mass is 534 g/mol. The summed E-state index contributed by atoms with van der Waals surface area (Å²) < 4.78 is 27.9. The Morgan fingerprint density at radius 2 is 1.74 bits per heavy atom. The van der Waals surface area contributed by atoms with Crippen molar-refractivity contribution < 1.29 is 23.5 Å². The van der Waals surface area contributed by atoms with Crippen molar-refractivity contribution in [2.45, 2.75) is 43.6 Å². The van der Waals surface area contributed by atoms with Gasteiger partial charge in [0.05, 0.1) is 16.6 Å². The zero-order valence-electron chi connectivity index (χ0n) is 20.4. The fourth-order valence-corrected chi connectivity index (χ4v) is 5.41. The van der Waals surface area contributed by atoms with Gasteiger partial charge in [0.25, 0.3) is 0 Å². The van der Waals surface area contributed by atoms with Crippen molar-refractivity contribution in [3.05, 3.63) is 101 Å². The second kappa shape index (κ2) is 10.5. The number of aliphatic carboxylic acids is 1. The van der Waals surface area contributed by atoms with Crippen LogP contribution in [0, 0.1) is 11.6 Å². The third kappa shape index (κ3) is 4.98. The Balaban J connectivity index is 1.37. The van der Waals surface area contributed by atoms with E-state index in [0.717, 1.165) is 24.5 Å². The summed E-state index contributed by atoms with van der Waals surface area (Å²) in [6.45, 7) is 0. The number of benzene rings is 3. The van der Waals surface area contributed by atoms with E-state index >= 15 is 0 Å². The molecular formula is C30H25ClF2N2O3. The number of carbonyl (C=O) groups excluding carboxylic acids is 1. The topological polar surface area (TPSA) is 79.3 Å². The van der Waals surface area contributed by atoms with E-state index in [4.69, 9.17) is 11.6 Å². The first-order chi connectivity index (χ1) is 18.3. The van der Waals surface area contributed by atoms with E-state index in [-0.39, 0.29) is 17.9 Å². The number of carbonyl (C=O) groups is 2. The van der Waals surface area contributed by atoms with Crippen LogP contribution in [-0.4, -0.2) is 28.0 Å². The largest absolute Gasteiger partial charge is 0.480 e. The molecule has 1 amide bonds. The van der Waals surface area contributed by atoms with E-state index in [1.807, 2.05) is 12.1 Å². The lowest BCUT2D eigenvalue weighted by molar-refractivity contribution is -0.142. The highest BCUT2D eigenvalue weighted by Crippen LogP contribution is 2.42. The summed E-state index contributed by atoms with van der Waals surface area (Å²) in [5.41, 5.74) is 1.66. The van der Waals surface area contributed by atoms with Gasteiger partial charge in [-0.15, -0.1) is 0 Å². The highest BCUT2D eigenvalue weighted by Gasteiger charge is 2.43. The summed E-state index contributed by atoms with van der Waals surface area (Å²) in [6, 6.07) is 18.5. The van der Waals surface area contributed by atoms with E-state index in [1.165, 1.54) is 12.1 Å². The van der Waals surface area contributed by atoms with Crippen LogP contribution in [0.3, 0.4) is 0 Å². The van der Waals surface area contributed by atoms with Gasteiger partial charge in [0.1, 0.15) is 6.04 Å². The molecular weight excluding hydrogens is 510 g/mol. The van der Waals surface area contributed by atoms with Crippen LogP contribution >= 0.6 is 11.6 Å². The molecule has 194 valence electrons. The molecule has 0 spiro atoms. The number of carboxylic acids is 1. The van der Waals surface area contributed by atoms with E-state index in [2.05, 4.69) is 10.3 Å². The molecule has 1 atom stereocenters. The molecule has 1 heterocycles. The van der Waals surface area contributed by atoms with Gasteiger partial charge in [-0.1, -0.05) is 54.8 Å². The normalized spacial score (nSPS) is 15.3. The number of amides is 1. The molecule has 0 saturated heterocycles. The van der Waals surface area contributed by atoms with Crippen LogP contribution in [-0.2, 0) is 21.4 Å². The van der Waals surface area contributed by atoms with Gasteiger partial charge in [-0.05, 0) is 66.4 Å². The molecule has 8 heteroatoms. The lowest BCUT2D eigenvalue weighted by atomic mass is 9.77. The van der Waals surface area contributed by atoms with E-state index in [1.54, 1.807) is 42.5 Å². The molecule has 1 saturated carbocycles. The quantitative estimate of drug-likeness (QED) is 0.285. The van der Waals surface area contributed by atoms with Gasteiger partial charge in [-0.3, -0.25) is 4.79 Å². The molecule has 5 rings (SSSR count). The predicted octanol–water partition coefficient (Wildman–Crippen LogP) is 6.46. The van der Waals surface area contributed by atoms with E-state index in [9.17, 15) is 23.5 Å². The van der Waals surface area contributed by atoms with Crippen LogP contribution in [0.2, 0.25) is 5.02 Å². The third-order valence-corrected chi connectivity index (χ3v) is 7.56. The Kier molecular flexibility index (Phi) is 7.13. The number of hydrogen-bond donors (Lipinski definition) is 2. The van der Waals surface area contributed by atoms with Gasteiger partial charge >= 0.3 is 5.97 Å². The fraction of sp³-hybridized carbons (Fsp3) is 0.233. The van der Waals surface area contributed by atoms with Gasteiger partial charge in [0, 0.05) is 22.4 Å². The van der Waals surface area contributed by atoms with Gasteiger partial charge in [-0.25, -0.2) is 18.6 Å². The molecule has 0 radical (unpaired) electrons. The number of pyridine rings is 1. The Morgan fingerprint density at radius 1 is 1.00 bits per heavy atom. The molecule has 4 aromatic rings. The van der Waals surface area contributed by atoms with Crippen molar-refractivity contribution in [2.75, 3.05) is 0 Å². The number of halogens is 3. The van der Waals surface area contributed by atoms with Crippen molar-refractivity contribution in [1.29, 1.82) is 0 Å². The average Bonchev–Trinajstić information content (AvgIpc) is 3.41. The summed E-state index contributed by atoms with van der Waals surface area (Å²) in [5, 5.41) is 14.0. The summed E-state index contributed by atoms with van der Waals surface area (Å²) >= 11 is 6.04. The predicted molar refractivity (Wildman–Crippen MR) is 142 cm³/mol. The van der Waals surface area contributed by atoms with Crippen LogP contribution < -0.4 is 5.32 Å². The van der Waals surface area contributed by atoms with Crippen molar-refractivity contribution in [2.24, 2.45) is 0 Å². The minimum atomic E-state index is -1.13. The second-order valence-electron chi connectivity index (χ2n) is 9.69. The van der Waals surface area contributed by atoms with Crippen LogP contribution in [0.1, 0.15) is 36.8 Å². The Labute approximate surface area is 223 Å². The molecule has 2 N–H and O–H groups in total. The molecule has 3 aromatic carbocycles. The maximum atomic E-state index is 14.2. The smallest absolute Gasteiger partial charge is 0.326 e. The van der Waals surface area contributed by atoms with Crippen molar-refractivity contribution in [3.8, 4) is 11.3 Å². The van der Waals surface area contributed by atoms with Crippen LogP contribution in [0.15, 0.2) is 72.8 Å². The fourth-order valence-electron chi connectivity index (χ4n) is 5.28. The highest BCUT2D eigenvalue weighted by molar-refractivity contribution is 6.30. The molecule has 1 aliphatic carbocycles. The maximum absolute atomic E-state index is 14.2. The summed E-state index contributed by atoms with van der Waals surface area (Å²) in [7, 11) is 0. The molecule has 0 aliphatic heterocycles. The van der Waals surface area contributed by atoms with Crippen LogP contribution in [0.5, 0.6) is 0 Å². The van der Waals surface area contributed by atoms with Crippen molar-refractivity contribution in [3.63, 3.8) is 0 Å². The minimum absolute atomic E-state index is 0.0613. The minimum Gasteiger partial charge on any atom is -0.480 e. The van der Waals surface area contributed by atoms with Gasteiger partial charge < -0.3 is 10.4 Å². The number of aromatic nitrogens is 1. The number of fused-ring (bicyclic) bond motifs is 1. The Bertz CT molecular complexity index is 1520. The summed E-state index contributed by atoms with van der Waals surface area (Å²) in [6.07, 6.45) is 3.12. The number of carboxylic acid groups (broad SMARTS) is 1. The molecule has 0 bridgehead atoms. The van der Waals surface area contributed by atoms with Gasteiger partial charge in [0.2, 0.25) is 5.91 Å². The first-order valence-corrected chi connectivity index (χ1v) is 12.8. The molecule has 1 aliphatic rings. The summed E-state index contributed by atoms with van der Waals surface area (Å²) in [5.74, 6) is -3.33. The standard InChI is InChI=1S/C30H25ClF2N2O3/c31-21-10-8-20(9-11-21)30(14-1-2-15-30)29(38)35-26(28(36)37)17-18-6-12-24-19(16-18)7-13-25(34-24)22-4-3-5-23(32)27(22)33/h3-13,16,26H,1-2,14-15,17H2,(H,35,38)(H,36,37). The van der Waals surface area contributed by atoms with Gasteiger partial charge in [-0.2, -0.15) is 0 Å². The number of nitrogens with zero attached hydrogens (tertiary/aromatic N) is 1. The first kappa shape index (κ1) is 25.8. The highest BCUT2D eigenvalue weighted by atomic mass is 35.5. The summed E-state index contributed by atoms with van der Waals surface area (Å²) in [4.78, 5) is 30.1. The third-order valence-electron chi connectivity index (χ3n) is 7.31. The number of nitrogens with one attached hydrogen (secondary N) is 1. The number of rotatable bonds is 7. The lowest BCUT2D eigenvalue weighted by Crippen LogP contribution is -2.50. The molecule has 5 nitrogen and oxygen atoms in total. The lowest BCUT2D eigenvalue weighted by Gasteiger charge is -2.30. The molecule has 38 heavy (non-hydrogen) atoms. The molecule has 1 fully saturated rings. The Hall–Kier alpha value is -3.84. The zero-order chi connectivity index (χ0) is 26.9. The average molecular weight is 535 g/mol. The van der Waals surface area contributed by atoms with Crippen molar-refractivity contribution >= 4 is 34.4 Å². The first-order valence-electron chi connectivity index (χ1n) is 12.4. The number of hydrogen-bond acceptors (Lipinski definition) is 3. The van der Waals surface area contributed by atoms with Crippen LogP contribution in [0.25, 0.3) is 22.2 Å². The Morgan fingerprint density at radius 3 is 2.45 bits per heavy atom. The molecule has 1 aromatic heterocycles. The van der Waals surface area contributed by atoms with E-state index < -0.39 is 29.1 Å². The van der Waals surface area contributed by atoms with E-state index in [0.29, 0.717) is 40.0 Å². The van der Waals surface area contributed by atoms with Crippen molar-refractivity contribution in [1.82, 2.24) is 10.3 Å². The van der Waals surface area contributed by atoms with Gasteiger partial charge in [0.15, 0.2) is 11.6 Å². The van der Waals surface area contributed by atoms with Crippen LogP contribution in [0.4, 0.5) is 8.78 Å². The maximum Gasteiger partial charge on any atom is 0.326 e. The SMILES string of the molecule is O=C(O)C(Cc1ccc2nc(-c3cccc(F)c3F)ccc2c1)NC(=O)C1(c2ccc(Cl)cc2)CCCC1. The molecule has 1 unspecified atom stereocenters.